The van der Waals surface area contributed by atoms with E-state index in [1.165, 1.54) is 0 Å². The Morgan fingerprint density at radius 2 is 2.00 bits per heavy atom. The summed E-state index contributed by atoms with van der Waals surface area (Å²) in [6, 6.07) is 3.72. The molecule has 0 N–H and O–H groups in total. The Bertz CT molecular complexity index is 396. The number of ether oxygens (including phenoxy) is 3. The highest BCUT2D eigenvalue weighted by atomic mass is 16.5. The maximum atomic E-state index is 5.67. The molecule has 0 amide bonds. The van der Waals surface area contributed by atoms with Crippen LogP contribution in [0.5, 0.6) is 17.2 Å². The number of hydrogen-bond acceptors (Lipinski definition) is 3. The average Bonchev–Trinajstić information content (AvgIpc) is 2.26. The van der Waals surface area contributed by atoms with E-state index in [4.69, 9.17) is 14.2 Å². The van der Waals surface area contributed by atoms with Gasteiger partial charge >= 0.3 is 0 Å². The molecule has 0 spiro atoms. The molecule has 0 radical (unpaired) electrons. The Hall–Kier alpha value is -1.64. The van der Waals surface area contributed by atoms with Crippen LogP contribution in [-0.4, -0.2) is 20.3 Å². The summed E-state index contributed by atoms with van der Waals surface area (Å²) in [5, 5.41) is 0. The average molecular weight is 206 g/mol. The highest BCUT2D eigenvalue weighted by Gasteiger charge is 2.16. The van der Waals surface area contributed by atoms with Crippen LogP contribution >= 0.6 is 0 Å². The SMILES string of the molecule is COc1cc(OC)c2c(c1)OC(C)C=C2. The van der Waals surface area contributed by atoms with Crippen molar-refractivity contribution in [1.29, 1.82) is 0 Å². The lowest BCUT2D eigenvalue weighted by atomic mass is 10.1. The third-order valence-corrected chi connectivity index (χ3v) is 2.38. The van der Waals surface area contributed by atoms with E-state index in [0.29, 0.717) is 0 Å². The minimum Gasteiger partial charge on any atom is -0.496 e. The van der Waals surface area contributed by atoms with Crippen molar-refractivity contribution >= 4 is 6.08 Å². The lowest BCUT2D eigenvalue weighted by Gasteiger charge is -2.20. The first-order chi connectivity index (χ1) is 7.24. The van der Waals surface area contributed by atoms with Gasteiger partial charge in [0.2, 0.25) is 0 Å². The summed E-state index contributed by atoms with van der Waals surface area (Å²) in [4.78, 5) is 0. The summed E-state index contributed by atoms with van der Waals surface area (Å²) in [6.45, 7) is 1.99. The monoisotopic (exact) mass is 206 g/mol. The molecular weight excluding hydrogens is 192 g/mol. The molecule has 1 atom stereocenters. The number of methoxy groups -OCH3 is 2. The summed E-state index contributed by atoms with van der Waals surface area (Å²) in [5.74, 6) is 2.32. The first kappa shape index (κ1) is 9.90. The molecule has 0 saturated heterocycles. The van der Waals surface area contributed by atoms with Crippen LogP contribution in [0.2, 0.25) is 0 Å². The third kappa shape index (κ3) is 1.77. The van der Waals surface area contributed by atoms with Crippen molar-refractivity contribution in [3.05, 3.63) is 23.8 Å². The van der Waals surface area contributed by atoms with Crippen molar-refractivity contribution in [2.75, 3.05) is 14.2 Å². The molecule has 15 heavy (non-hydrogen) atoms. The molecule has 0 aliphatic carbocycles. The van der Waals surface area contributed by atoms with Gasteiger partial charge in [-0.05, 0) is 19.1 Å². The van der Waals surface area contributed by atoms with Gasteiger partial charge in [-0.1, -0.05) is 0 Å². The van der Waals surface area contributed by atoms with Gasteiger partial charge in [0.1, 0.15) is 23.4 Å². The van der Waals surface area contributed by atoms with Crippen molar-refractivity contribution in [1.82, 2.24) is 0 Å². The van der Waals surface area contributed by atoms with Crippen LogP contribution in [-0.2, 0) is 0 Å². The fourth-order valence-corrected chi connectivity index (χ4v) is 1.60. The second kappa shape index (κ2) is 3.85. The number of fused-ring (bicyclic) bond motifs is 1. The van der Waals surface area contributed by atoms with Gasteiger partial charge in [0, 0.05) is 12.1 Å². The second-order valence-corrected chi connectivity index (χ2v) is 3.42. The maximum absolute atomic E-state index is 5.67. The van der Waals surface area contributed by atoms with Crippen LogP contribution in [0.4, 0.5) is 0 Å². The zero-order chi connectivity index (χ0) is 10.8. The van der Waals surface area contributed by atoms with Crippen LogP contribution in [0.1, 0.15) is 12.5 Å². The van der Waals surface area contributed by atoms with E-state index in [1.807, 2.05) is 31.2 Å². The molecule has 80 valence electrons. The van der Waals surface area contributed by atoms with Crippen molar-refractivity contribution < 1.29 is 14.2 Å². The van der Waals surface area contributed by atoms with Gasteiger partial charge < -0.3 is 14.2 Å². The maximum Gasteiger partial charge on any atom is 0.134 e. The Kier molecular flexibility index (Phi) is 2.54. The van der Waals surface area contributed by atoms with E-state index in [2.05, 4.69) is 0 Å². The van der Waals surface area contributed by atoms with Gasteiger partial charge in [-0.2, -0.15) is 0 Å². The van der Waals surface area contributed by atoms with Crippen LogP contribution in [0, 0.1) is 0 Å². The fourth-order valence-electron chi connectivity index (χ4n) is 1.60. The Morgan fingerprint density at radius 1 is 1.20 bits per heavy atom. The first-order valence-corrected chi connectivity index (χ1v) is 4.85. The molecule has 3 heteroatoms. The molecule has 1 aliphatic heterocycles. The molecule has 0 fully saturated rings. The number of benzene rings is 1. The zero-order valence-electron chi connectivity index (χ0n) is 9.11. The molecule has 0 bridgehead atoms. The third-order valence-electron chi connectivity index (χ3n) is 2.38. The summed E-state index contributed by atoms with van der Waals surface area (Å²) in [6.07, 6.45) is 4.10. The number of rotatable bonds is 2. The normalized spacial score (nSPS) is 17.9. The highest BCUT2D eigenvalue weighted by molar-refractivity contribution is 5.68. The highest BCUT2D eigenvalue weighted by Crippen LogP contribution is 2.37. The molecule has 1 aromatic carbocycles. The van der Waals surface area contributed by atoms with E-state index >= 15 is 0 Å². The second-order valence-electron chi connectivity index (χ2n) is 3.42. The van der Waals surface area contributed by atoms with Crippen LogP contribution in [0.15, 0.2) is 18.2 Å². The smallest absolute Gasteiger partial charge is 0.134 e. The molecular formula is C12H14O3. The topological polar surface area (TPSA) is 27.7 Å². The summed E-state index contributed by atoms with van der Waals surface area (Å²) < 4.78 is 16.1. The predicted octanol–water partition coefficient (Wildman–Crippen LogP) is 2.50. The molecule has 1 heterocycles. The Labute approximate surface area is 89.3 Å². The van der Waals surface area contributed by atoms with E-state index in [1.54, 1.807) is 14.2 Å². The molecule has 3 nitrogen and oxygen atoms in total. The molecule has 0 aromatic heterocycles. The predicted molar refractivity (Wildman–Crippen MR) is 58.7 cm³/mol. The fraction of sp³-hybridized carbons (Fsp3) is 0.333. The Morgan fingerprint density at radius 3 is 2.67 bits per heavy atom. The van der Waals surface area contributed by atoms with E-state index in [9.17, 15) is 0 Å². The van der Waals surface area contributed by atoms with Gasteiger partial charge in [0.25, 0.3) is 0 Å². The Balaban J connectivity index is 2.52. The first-order valence-electron chi connectivity index (χ1n) is 4.85. The van der Waals surface area contributed by atoms with Gasteiger partial charge in [0.15, 0.2) is 0 Å². The van der Waals surface area contributed by atoms with Crippen molar-refractivity contribution in [2.45, 2.75) is 13.0 Å². The zero-order valence-corrected chi connectivity index (χ0v) is 9.11. The van der Waals surface area contributed by atoms with Gasteiger partial charge in [-0.25, -0.2) is 0 Å². The molecule has 1 aromatic rings. The minimum atomic E-state index is 0.0920. The lowest BCUT2D eigenvalue weighted by molar-refractivity contribution is 0.262. The lowest BCUT2D eigenvalue weighted by Crippen LogP contribution is -2.12. The largest absolute Gasteiger partial charge is 0.496 e. The van der Waals surface area contributed by atoms with E-state index < -0.39 is 0 Å². The summed E-state index contributed by atoms with van der Waals surface area (Å²) in [7, 11) is 3.27. The van der Waals surface area contributed by atoms with Crippen molar-refractivity contribution in [3.63, 3.8) is 0 Å². The van der Waals surface area contributed by atoms with Crippen molar-refractivity contribution in [2.24, 2.45) is 0 Å². The quantitative estimate of drug-likeness (QED) is 0.744. The van der Waals surface area contributed by atoms with Gasteiger partial charge in [0.05, 0.1) is 19.8 Å². The number of hydrogen-bond donors (Lipinski definition) is 0. The summed E-state index contributed by atoms with van der Waals surface area (Å²) >= 11 is 0. The minimum absolute atomic E-state index is 0.0920. The molecule has 1 aliphatic rings. The van der Waals surface area contributed by atoms with Gasteiger partial charge in [-0.15, -0.1) is 0 Å². The standard InChI is InChI=1S/C12H14O3/c1-8-4-5-10-11(14-3)6-9(13-2)7-12(10)15-8/h4-8H,1-3H3. The van der Waals surface area contributed by atoms with Gasteiger partial charge in [-0.3, -0.25) is 0 Å². The van der Waals surface area contributed by atoms with E-state index in [0.717, 1.165) is 22.8 Å². The van der Waals surface area contributed by atoms with Crippen LogP contribution in [0.3, 0.4) is 0 Å². The van der Waals surface area contributed by atoms with E-state index in [-0.39, 0.29) is 6.10 Å². The molecule has 1 unspecified atom stereocenters. The molecule has 2 rings (SSSR count). The summed E-state index contributed by atoms with van der Waals surface area (Å²) in [5.41, 5.74) is 0.969. The van der Waals surface area contributed by atoms with Crippen LogP contribution in [0.25, 0.3) is 6.08 Å². The van der Waals surface area contributed by atoms with Crippen LogP contribution < -0.4 is 14.2 Å². The van der Waals surface area contributed by atoms with Crippen molar-refractivity contribution in [3.8, 4) is 17.2 Å². The molecule has 0 saturated carbocycles.